The van der Waals surface area contributed by atoms with Crippen molar-refractivity contribution in [1.29, 1.82) is 0 Å². The summed E-state index contributed by atoms with van der Waals surface area (Å²) in [6, 6.07) is 7.43. The van der Waals surface area contributed by atoms with Gasteiger partial charge < -0.3 is 15.4 Å². The van der Waals surface area contributed by atoms with Crippen LogP contribution in [-0.4, -0.2) is 19.1 Å². The van der Waals surface area contributed by atoms with Gasteiger partial charge >= 0.3 is 6.09 Å². The molecular formula is C19H26N2O3. The van der Waals surface area contributed by atoms with Gasteiger partial charge in [-0.3, -0.25) is 4.79 Å². The zero-order valence-corrected chi connectivity index (χ0v) is 15.0. The predicted octanol–water partition coefficient (Wildman–Crippen LogP) is 3.72. The molecule has 0 spiro atoms. The lowest BCUT2D eigenvalue weighted by Gasteiger charge is -2.08. The molecule has 1 aliphatic carbocycles. The molecule has 5 nitrogen and oxygen atoms in total. The number of nitrogens with one attached hydrogen (secondary N) is 2. The number of benzene rings is 1. The van der Waals surface area contributed by atoms with E-state index in [-0.39, 0.29) is 17.2 Å². The summed E-state index contributed by atoms with van der Waals surface area (Å²) in [5, 5.41) is 5.60. The molecule has 1 saturated carbocycles. The molecule has 1 aromatic rings. The van der Waals surface area contributed by atoms with Crippen molar-refractivity contribution in [2.24, 2.45) is 17.3 Å². The van der Waals surface area contributed by atoms with E-state index in [0.29, 0.717) is 12.5 Å². The molecule has 0 radical (unpaired) electrons. The van der Waals surface area contributed by atoms with Gasteiger partial charge in [0, 0.05) is 12.2 Å². The minimum Gasteiger partial charge on any atom is -0.453 e. The number of carbonyl (C=O) groups excluding carboxylic acids is 2. The second kappa shape index (κ2) is 7.07. The van der Waals surface area contributed by atoms with Gasteiger partial charge in [-0.05, 0) is 42.9 Å². The minimum absolute atomic E-state index is 0.00568. The molecule has 2 amide bonds. The molecule has 1 aromatic carbocycles. The fourth-order valence-electron chi connectivity index (χ4n) is 3.02. The Morgan fingerprint density at radius 1 is 1.21 bits per heavy atom. The highest BCUT2D eigenvalue weighted by molar-refractivity contribution is 5.95. The van der Waals surface area contributed by atoms with Crippen LogP contribution in [0.2, 0.25) is 0 Å². The third-order valence-electron chi connectivity index (χ3n) is 4.55. The fourth-order valence-corrected chi connectivity index (χ4v) is 3.02. The number of hydrogen-bond acceptors (Lipinski definition) is 3. The van der Waals surface area contributed by atoms with Gasteiger partial charge in [-0.15, -0.1) is 0 Å². The van der Waals surface area contributed by atoms with Gasteiger partial charge in [0.2, 0.25) is 5.91 Å². The summed E-state index contributed by atoms with van der Waals surface area (Å²) in [6.45, 7) is 8.76. The average molecular weight is 330 g/mol. The van der Waals surface area contributed by atoms with Crippen molar-refractivity contribution in [3.63, 3.8) is 0 Å². The molecule has 2 unspecified atom stereocenters. The van der Waals surface area contributed by atoms with Crippen LogP contribution in [-0.2, 0) is 16.1 Å². The predicted molar refractivity (Wildman–Crippen MR) is 94.5 cm³/mol. The molecule has 0 bridgehead atoms. The van der Waals surface area contributed by atoms with Gasteiger partial charge in [-0.1, -0.05) is 37.6 Å². The van der Waals surface area contributed by atoms with E-state index in [4.69, 9.17) is 0 Å². The molecular weight excluding hydrogens is 304 g/mol. The van der Waals surface area contributed by atoms with Crippen molar-refractivity contribution in [3.05, 3.63) is 41.5 Å². The molecule has 2 rings (SSSR count). The summed E-state index contributed by atoms with van der Waals surface area (Å²) in [7, 11) is 1.33. The van der Waals surface area contributed by atoms with Crippen LogP contribution in [0.5, 0.6) is 0 Å². The number of allylic oxidation sites excluding steroid dienone is 2. The Morgan fingerprint density at radius 2 is 1.83 bits per heavy atom. The SMILES string of the molecule is COC(=O)NCc1ccc(NC(=O)C2C(C=C(C)C)C2(C)C)cc1. The number of methoxy groups -OCH3 is 1. The third kappa shape index (κ3) is 4.16. The maximum absolute atomic E-state index is 12.5. The monoisotopic (exact) mass is 330 g/mol. The Labute approximate surface area is 143 Å². The Kier molecular flexibility index (Phi) is 5.32. The summed E-state index contributed by atoms with van der Waals surface area (Å²) in [4.78, 5) is 23.6. The lowest BCUT2D eigenvalue weighted by Crippen LogP contribution is -2.22. The van der Waals surface area contributed by atoms with Gasteiger partial charge in [-0.2, -0.15) is 0 Å². The first kappa shape index (κ1) is 18.0. The van der Waals surface area contributed by atoms with Crippen molar-refractivity contribution in [2.45, 2.75) is 34.2 Å². The zero-order chi connectivity index (χ0) is 17.9. The van der Waals surface area contributed by atoms with Crippen molar-refractivity contribution in [2.75, 3.05) is 12.4 Å². The standard InChI is InChI=1S/C19H26N2O3/c1-12(2)10-15-16(19(15,3)4)17(22)21-14-8-6-13(7-9-14)11-20-18(23)24-5/h6-10,15-16H,11H2,1-5H3,(H,20,23)(H,21,22). The first-order chi connectivity index (χ1) is 11.3. The number of hydrogen-bond donors (Lipinski definition) is 2. The van der Waals surface area contributed by atoms with Gasteiger partial charge in [-0.25, -0.2) is 4.79 Å². The molecule has 130 valence electrons. The van der Waals surface area contributed by atoms with E-state index >= 15 is 0 Å². The number of amides is 2. The summed E-state index contributed by atoms with van der Waals surface area (Å²) in [5.74, 6) is 0.363. The van der Waals surface area contributed by atoms with Crippen LogP contribution in [0, 0.1) is 17.3 Å². The molecule has 0 aromatic heterocycles. The molecule has 2 atom stereocenters. The van der Waals surface area contributed by atoms with Crippen molar-refractivity contribution >= 4 is 17.7 Å². The molecule has 0 aliphatic heterocycles. The van der Waals surface area contributed by atoms with Crippen LogP contribution in [0.15, 0.2) is 35.9 Å². The Hall–Kier alpha value is -2.30. The number of ether oxygens (including phenoxy) is 1. The van der Waals surface area contributed by atoms with E-state index in [0.717, 1.165) is 11.3 Å². The molecule has 0 heterocycles. The average Bonchev–Trinajstić information content (AvgIpc) is 3.06. The second-order valence-electron chi connectivity index (χ2n) is 7.10. The first-order valence-corrected chi connectivity index (χ1v) is 8.12. The van der Waals surface area contributed by atoms with E-state index in [9.17, 15) is 9.59 Å². The van der Waals surface area contributed by atoms with E-state index < -0.39 is 6.09 Å². The maximum atomic E-state index is 12.5. The highest BCUT2D eigenvalue weighted by atomic mass is 16.5. The van der Waals surface area contributed by atoms with Gasteiger partial charge in [0.25, 0.3) is 0 Å². The van der Waals surface area contributed by atoms with E-state index in [2.05, 4.69) is 49.1 Å². The van der Waals surface area contributed by atoms with Crippen LogP contribution >= 0.6 is 0 Å². The van der Waals surface area contributed by atoms with Crippen LogP contribution in [0.4, 0.5) is 10.5 Å². The number of alkyl carbamates (subject to hydrolysis) is 1. The van der Waals surface area contributed by atoms with Crippen LogP contribution in [0.3, 0.4) is 0 Å². The summed E-state index contributed by atoms with van der Waals surface area (Å²) in [5.41, 5.74) is 2.95. The highest BCUT2D eigenvalue weighted by Crippen LogP contribution is 2.59. The van der Waals surface area contributed by atoms with E-state index in [1.54, 1.807) is 0 Å². The number of carbonyl (C=O) groups is 2. The largest absolute Gasteiger partial charge is 0.453 e. The van der Waals surface area contributed by atoms with Gasteiger partial charge in [0.1, 0.15) is 0 Å². The first-order valence-electron chi connectivity index (χ1n) is 8.12. The van der Waals surface area contributed by atoms with Crippen molar-refractivity contribution in [3.8, 4) is 0 Å². The Balaban J connectivity index is 1.93. The summed E-state index contributed by atoms with van der Waals surface area (Å²) in [6.07, 6.45) is 1.72. The number of anilines is 1. The molecule has 0 saturated heterocycles. The topological polar surface area (TPSA) is 67.4 Å². The second-order valence-corrected chi connectivity index (χ2v) is 7.10. The van der Waals surface area contributed by atoms with Crippen molar-refractivity contribution in [1.82, 2.24) is 5.32 Å². The smallest absolute Gasteiger partial charge is 0.407 e. The number of rotatable bonds is 5. The summed E-state index contributed by atoms with van der Waals surface area (Å²) < 4.78 is 4.53. The molecule has 1 aliphatic rings. The van der Waals surface area contributed by atoms with E-state index in [1.165, 1.54) is 12.7 Å². The summed E-state index contributed by atoms with van der Waals surface area (Å²) >= 11 is 0. The molecule has 5 heteroatoms. The Morgan fingerprint density at radius 3 is 2.38 bits per heavy atom. The third-order valence-corrected chi connectivity index (χ3v) is 4.55. The lowest BCUT2D eigenvalue weighted by atomic mass is 10.1. The van der Waals surface area contributed by atoms with E-state index in [1.807, 2.05) is 24.3 Å². The molecule has 24 heavy (non-hydrogen) atoms. The highest BCUT2D eigenvalue weighted by Gasteiger charge is 2.60. The molecule has 1 fully saturated rings. The maximum Gasteiger partial charge on any atom is 0.407 e. The fraction of sp³-hybridized carbons (Fsp3) is 0.474. The van der Waals surface area contributed by atoms with Crippen LogP contribution in [0.25, 0.3) is 0 Å². The molecule has 2 N–H and O–H groups in total. The minimum atomic E-state index is -0.464. The lowest BCUT2D eigenvalue weighted by molar-refractivity contribution is -0.118. The quantitative estimate of drug-likeness (QED) is 0.809. The Bertz CT molecular complexity index is 643. The van der Waals surface area contributed by atoms with Gasteiger partial charge in [0.15, 0.2) is 0 Å². The van der Waals surface area contributed by atoms with Crippen LogP contribution < -0.4 is 10.6 Å². The van der Waals surface area contributed by atoms with Crippen molar-refractivity contribution < 1.29 is 14.3 Å². The van der Waals surface area contributed by atoms with Crippen LogP contribution in [0.1, 0.15) is 33.3 Å². The van der Waals surface area contributed by atoms with Gasteiger partial charge in [0.05, 0.1) is 13.0 Å². The normalized spacial score (nSPS) is 20.7. The zero-order valence-electron chi connectivity index (χ0n) is 15.0.